The minimum Gasteiger partial charge on any atom is -0.352 e. The Labute approximate surface area is 153 Å². The van der Waals surface area contributed by atoms with E-state index in [4.69, 9.17) is 18.9 Å². The Hall–Kier alpha value is -0.160. The van der Waals surface area contributed by atoms with Gasteiger partial charge in [-0.25, -0.2) is 0 Å². The van der Waals surface area contributed by atoms with Crippen LogP contribution in [0, 0.1) is 23.7 Å². The summed E-state index contributed by atoms with van der Waals surface area (Å²) < 4.78 is 24.1. The molecule has 3 aliphatic rings. The molecular weight excluding hydrogens is 316 g/mol. The van der Waals surface area contributed by atoms with Crippen molar-refractivity contribution in [1.29, 1.82) is 0 Å². The molecule has 3 fully saturated rings. The number of hydrogen-bond acceptors (Lipinski definition) is 4. The molecule has 0 atom stereocenters. The second kappa shape index (κ2) is 10.2. The molecule has 4 heteroatoms. The van der Waals surface area contributed by atoms with Crippen LogP contribution in [-0.4, -0.2) is 39.0 Å². The molecule has 25 heavy (non-hydrogen) atoms. The van der Waals surface area contributed by atoms with Gasteiger partial charge in [-0.1, -0.05) is 39.5 Å². The van der Waals surface area contributed by atoms with Gasteiger partial charge in [-0.2, -0.15) is 0 Å². The lowest BCUT2D eigenvalue weighted by molar-refractivity contribution is -0.291. The molecule has 0 aromatic carbocycles. The van der Waals surface area contributed by atoms with Gasteiger partial charge in [0.25, 0.3) is 0 Å². The van der Waals surface area contributed by atoms with E-state index in [0.29, 0.717) is 25.0 Å². The van der Waals surface area contributed by atoms with Crippen LogP contribution < -0.4 is 0 Å². The van der Waals surface area contributed by atoms with Crippen molar-refractivity contribution >= 4 is 0 Å². The van der Waals surface area contributed by atoms with Gasteiger partial charge in [0.15, 0.2) is 12.6 Å². The molecule has 0 spiro atoms. The molecule has 2 heterocycles. The van der Waals surface area contributed by atoms with Crippen LogP contribution in [-0.2, 0) is 18.9 Å². The number of unbranched alkanes of at least 4 members (excludes halogenated alkanes) is 1. The normalized spacial score (nSPS) is 40.1. The summed E-state index contributed by atoms with van der Waals surface area (Å²) in [6.45, 7) is 7.60. The molecule has 0 aromatic heterocycles. The highest BCUT2D eigenvalue weighted by Gasteiger charge is 2.37. The Bertz CT molecular complexity index is 351. The highest BCUT2D eigenvalue weighted by molar-refractivity contribution is 4.78. The van der Waals surface area contributed by atoms with Crippen molar-refractivity contribution in [3.8, 4) is 0 Å². The van der Waals surface area contributed by atoms with E-state index in [2.05, 4.69) is 13.8 Å². The average Bonchev–Trinajstić information content (AvgIpc) is 2.68. The lowest BCUT2D eigenvalue weighted by Crippen LogP contribution is -2.46. The van der Waals surface area contributed by atoms with Crippen LogP contribution in [0.1, 0.15) is 71.6 Å². The van der Waals surface area contributed by atoms with Gasteiger partial charge in [-0.15, -0.1) is 0 Å². The van der Waals surface area contributed by atoms with Crippen molar-refractivity contribution in [1.82, 2.24) is 0 Å². The summed E-state index contributed by atoms with van der Waals surface area (Å²) in [5.41, 5.74) is 0. The van der Waals surface area contributed by atoms with Gasteiger partial charge in [0.1, 0.15) is 0 Å². The molecule has 4 nitrogen and oxygen atoms in total. The van der Waals surface area contributed by atoms with Crippen molar-refractivity contribution in [2.24, 2.45) is 23.7 Å². The van der Waals surface area contributed by atoms with Gasteiger partial charge >= 0.3 is 0 Å². The molecule has 146 valence electrons. The topological polar surface area (TPSA) is 36.9 Å². The standard InChI is InChI=1S/C21H38O4/c1-3-5-7-17-12-22-21(23-13-17)19-14-24-20(25-15-19)18-10-8-16(6-4-2)9-11-18/h16-21H,3-15H2,1-2H3/t16-,17-,18-,19-,20-,21-. The largest absolute Gasteiger partial charge is 0.352 e. The first-order chi connectivity index (χ1) is 12.3. The van der Waals surface area contributed by atoms with E-state index in [0.717, 1.165) is 19.1 Å². The molecule has 0 amide bonds. The summed E-state index contributed by atoms with van der Waals surface area (Å²) in [5, 5.41) is 0. The maximum Gasteiger partial charge on any atom is 0.164 e. The minimum absolute atomic E-state index is 0.000259. The van der Waals surface area contributed by atoms with Crippen molar-refractivity contribution in [3.63, 3.8) is 0 Å². The fourth-order valence-corrected chi connectivity index (χ4v) is 4.61. The van der Waals surface area contributed by atoms with Crippen molar-refractivity contribution in [2.75, 3.05) is 26.4 Å². The minimum atomic E-state index is -0.140. The summed E-state index contributed by atoms with van der Waals surface area (Å²) >= 11 is 0. The molecule has 2 saturated heterocycles. The van der Waals surface area contributed by atoms with E-state index in [1.165, 1.54) is 57.8 Å². The Morgan fingerprint density at radius 1 is 0.600 bits per heavy atom. The lowest BCUT2D eigenvalue weighted by atomic mass is 9.79. The molecule has 0 bridgehead atoms. The van der Waals surface area contributed by atoms with Gasteiger partial charge < -0.3 is 18.9 Å². The summed E-state index contributed by atoms with van der Waals surface area (Å²) in [5.74, 6) is 2.30. The Balaban J connectivity index is 1.34. The number of rotatable bonds is 7. The van der Waals surface area contributed by atoms with Crippen LogP contribution in [0.15, 0.2) is 0 Å². The molecule has 0 aromatic rings. The fourth-order valence-electron chi connectivity index (χ4n) is 4.61. The van der Waals surface area contributed by atoms with E-state index in [-0.39, 0.29) is 18.5 Å². The number of ether oxygens (including phenoxy) is 4. The summed E-state index contributed by atoms with van der Waals surface area (Å²) in [4.78, 5) is 0. The molecule has 0 unspecified atom stereocenters. The number of hydrogen-bond donors (Lipinski definition) is 0. The fraction of sp³-hybridized carbons (Fsp3) is 1.00. The third kappa shape index (κ3) is 5.66. The first kappa shape index (κ1) is 19.6. The SMILES string of the molecule is CCCC[C@H]1CO[C@H]([C@H]2CO[C@H]([C@H]3CC[C@H](CCC)CC3)OC2)OC1. The van der Waals surface area contributed by atoms with Crippen molar-refractivity contribution in [2.45, 2.75) is 84.2 Å². The monoisotopic (exact) mass is 354 g/mol. The molecule has 2 aliphatic heterocycles. The van der Waals surface area contributed by atoms with E-state index >= 15 is 0 Å². The lowest BCUT2D eigenvalue weighted by Gasteiger charge is -2.40. The molecule has 0 radical (unpaired) electrons. The molecule has 3 rings (SSSR count). The van der Waals surface area contributed by atoms with Gasteiger partial charge in [-0.3, -0.25) is 0 Å². The van der Waals surface area contributed by atoms with Crippen LogP contribution in [0.25, 0.3) is 0 Å². The van der Waals surface area contributed by atoms with Crippen LogP contribution in [0.4, 0.5) is 0 Å². The second-order valence-electron chi connectivity index (χ2n) is 8.41. The predicted octanol–water partition coefficient (Wildman–Crippen LogP) is 4.76. The Morgan fingerprint density at radius 3 is 1.80 bits per heavy atom. The maximum absolute atomic E-state index is 6.09. The summed E-state index contributed by atoms with van der Waals surface area (Å²) in [6, 6.07) is 0. The van der Waals surface area contributed by atoms with Crippen LogP contribution in [0.5, 0.6) is 0 Å². The average molecular weight is 355 g/mol. The van der Waals surface area contributed by atoms with E-state index in [1.54, 1.807) is 0 Å². The van der Waals surface area contributed by atoms with E-state index in [9.17, 15) is 0 Å². The van der Waals surface area contributed by atoms with Gasteiger partial charge in [0.2, 0.25) is 0 Å². The second-order valence-corrected chi connectivity index (χ2v) is 8.41. The van der Waals surface area contributed by atoms with Crippen molar-refractivity contribution < 1.29 is 18.9 Å². The molecule has 0 N–H and O–H groups in total. The predicted molar refractivity (Wildman–Crippen MR) is 98.2 cm³/mol. The Kier molecular flexibility index (Phi) is 8.03. The van der Waals surface area contributed by atoms with Crippen LogP contribution >= 0.6 is 0 Å². The maximum atomic E-state index is 6.09. The molecule has 1 aliphatic carbocycles. The first-order valence-electron chi connectivity index (χ1n) is 10.8. The zero-order valence-corrected chi connectivity index (χ0v) is 16.3. The Morgan fingerprint density at radius 2 is 1.20 bits per heavy atom. The highest BCUT2D eigenvalue weighted by Crippen LogP contribution is 2.36. The zero-order valence-electron chi connectivity index (χ0n) is 16.3. The third-order valence-electron chi connectivity index (χ3n) is 6.27. The van der Waals surface area contributed by atoms with Crippen LogP contribution in [0.3, 0.4) is 0 Å². The van der Waals surface area contributed by atoms with Gasteiger partial charge in [0, 0.05) is 11.8 Å². The van der Waals surface area contributed by atoms with Crippen molar-refractivity contribution in [3.05, 3.63) is 0 Å². The van der Waals surface area contributed by atoms with E-state index < -0.39 is 0 Å². The first-order valence-corrected chi connectivity index (χ1v) is 10.8. The van der Waals surface area contributed by atoms with Gasteiger partial charge in [0.05, 0.1) is 32.3 Å². The smallest absolute Gasteiger partial charge is 0.164 e. The van der Waals surface area contributed by atoms with Crippen LogP contribution in [0.2, 0.25) is 0 Å². The highest BCUT2D eigenvalue weighted by atomic mass is 16.7. The van der Waals surface area contributed by atoms with Gasteiger partial charge in [-0.05, 0) is 38.0 Å². The third-order valence-corrected chi connectivity index (χ3v) is 6.27. The molecule has 1 saturated carbocycles. The quantitative estimate of drug-likeness (QED) is 0.660. The van der Waals surface area contributed by atoms with E-state index in [1.807, 2.05) is 0 Å². The molecular formula is C21H38O4. The summed E-state index contributed by atoms with van der Waals surface area (Å²) in [7, 11) is 0. The summed E-state index contributed by atoms with van der Waals surface area (Å²) in [6.07, 6.45) is 11.5. The zero-order chi connectivity index (χ0) is 17.5.